The average Bonchev–Trinajstić information content (AvgIpc) is 2.92. The fourth-order valence-electron chi connectivity index (χ4n) is 3.51. The summed E-state index contributed by atoms with van der Waals surface area (Å²) in [6.07, 6.45) is 5.56. The van der Waals surface area contributed by atoms with Crippen molar-refractivity contribution in [2.24, 2.45) is 17.8 Å². The smallest absolute Gasteiger partial charge is 0.307 e. The van der Waals surface area contributed by atoms with Gasteiger partial charge < -0.3 is 15.2 Å². The van der Waals surface area contributed by atoms with E-state index in [0.29, 0.717) is 25.4 Å². The summed E-state index contributed by atoms with van der Waals surface area (Å²) in [5.41, 5.74) is 0. The van der Waals surface area contributed by atoms with Crippen molar-refractivity contribution >= 4 is 11.9 Å². The van der Waals surface area contributed by atoms with Gasteiger partial charge in [0, 0.05) is 6.61 Å². The maximum Gasteiger partial charge on any atom is 0.307 e. The van der Waals surface area contributed by atoms with Gasteiger partial charge in [-0.3, -0.25) is 9.59 Å². The Morgan fingerprint density at radius 2 is 1.79 bits per heavy atom. The standard InChI is InChI=1S/C14H21NO4/c16-13(9-2-1-3-10(9)14(17)18)15-11-6-7-19-12(11)8-4-5-8/h8-12H,1-7H2,(H,15,16)(H,17,18). The Morgan fingerprint density at radius 3 is 2.47 bits per heavy atom. The summed E-state index contributed by atoms with van der Waals surface area (Å²) in [4.78, 5) is 23.4. The summed E-state index contributed by atoms with van der Waals surface area (Å²) in [6.45, 7) is 0.707. The van der Waals surface area contributed by atoms with Crippen molar-refractivity contribution in [2.75, 3.05) is 6.61 Å². The van der Waals surface area contributed by atoms with Crippen LogP contribution in [0.3, 0.4) is 0 Å². The van der Waals surface area contributed by atoms with E-state index in [1.165, 1.54) is 12.8 Å². The molecule has 0 radical (unpaired) electrons. The van der Waals surface area contributed by atoms with Crippen molar-refractivity contribution in [3.63, 3.8) is 0 Å². The van der Waals surface area contributed by atoms with Crippen LogP contribution in [-0.4, -0.2) is 35.7 Å². The summed E-state index contributed by atoms with van der Waals surface area (Å²) in [5.74, 6) is -1.16. The summed E-state index contributed by atoms with van der Waals surface area (Å²) in [6, 6.07) is 0.0926. The van der Waals surface area contributed by atoms with Crippen LogP contribution < -0.4 is 5.32 Å². The predicted molar refractivity (Wildman–Crippen MR) is 67.5 cm³/mol. The Bertz CT molecular complexity index is 380. The Balaban J connectivity index is 1.59. The van der Waals surface area contributed by atoms with Crippen LogP contribution in [0.5, 0.6) is 0 Å². The fraction of sp³-hybridized carbons (Fsp3) is 0.857. The Kier molecular flexibility index (Phi) is 3.48. The third-order valence-corrected chi connectivity index (χ3v) is 4.72. The first-order valence-corrected chi connectivity index (χ1v) is 7.31. The SMILES string of the molecule is O=C(O)C1CCCC1C(=O)NC1CCOC1C1CC1. The number of hydrogen-bond acceptors (Lipinski definition) is 3. The molecule has 19 heavy (non-hydrogen) atoms. The second-order valence-corrected chi connectivity index (χ2v) is 6.06. The van der Waals surface area contributed by atoms with Gasteiger partial charge >= 0.3 is 5.97 Å². The summed E-state index contributed by atoms with van der Waals surface area (Å²) in [7, 11) is 0. The molecule has 1 heterocycles. The molecule has 2 saturated carbocycles. The first-order valence-electron chi connectivity index (χ1n) is 7.31. The first kappa shape index (κ1) is 12.9. The number of hydrogen-bond donors (Lipinski definition) is 2. The average molecular weight is 267 g/mol. The van der Waals surface area contributed by atoms with Crippen LogP contribution in [0.4, 0.5) is 0 Å². The van der Waals surface area contributed by atoms with Gasteiger partial charge in [0.05, 0.1) is 24.0 Å². The third-order valence-electron chi connectivity index (χ3n) is 4.72. The first-order chi connectivity index (χ1) is 9.16. The van der Waals surface area contributed by atoms with E-state index in [9.17, 15) is 9.59 Å². The van der Waals surface area contributed by atoms with Crippen LogP contribution in [0.15, 0.2) is 0 Å². The van der Waals surface area contributed by atoms with E-state index in [1.54, 1.807) is 0 Å². The van der Waals surface area contributed by atoms with Gasteiger partial charge in [0.15, 0.2) is 0 Å². The second-order valence-electron chi connectivity index (χ2n) is 6.06. The lowest BCUT2D eigenvalue weighted by Crippen LogP contribution is -2.45. The van der Waals surface area contributed by atoms with E-state index in [2.05, 4.69) is 5.32 Å². The van der Waals surface area contributed by atoms with Gasteiger partial charge in [0.25, 0.3) is 0 Å². The lowest BCUT2D eigenvalue weighted by molar-refractivity contribution is -0.146. The van der Waals surface area contributed by atoms with Gasteiger partial charge in [-0.15, -0.1) is 0 Å². The molecular weight excluding hydrogens is 246 g/mol. The Hall–Kier alpha value is -1.10. The fourth-order valence-corrected chi connectivity index (χ4v) is 3.51. The molecular formula is C14H21NO4. The lowest BCUT2D eigenvalue weighted by atomic mass is 9.94. The van der Waals surface area contributed by atoms with Crippen molar-refractivity contribution in [1.29, 1.82) is 0 Å². The molecule has 1 saturated heterocycles. The van der Waals surface area contributed by atoms with Crippen LogP contribution in [0.2, 0.25) is 0 Å². The van der Waals surface area contributed by atoms with Gasteiger partial charge in [-0.25, -0.2) is 0 Å². The van der Waals surface area contributed by atoms with Crippen LogP contribution >= 0.6 is 0 Å². The van der Waals surface area contributed by atoms with Gasteiger partial charge in [-0.2, -0.15) is 0 Å². The summed E-state index contributed by atoms with van der Waals surface area (Å²) >= 11 is 0. The molecule has 2 aliphatic carbocycles. The van der Waals surface area contributed by atoms with Gasteiger partial charge in [-0.1, -0.05) is 6.42 Å². The number of carbonyl (C=O) groups is 2. The highest BCUT2D eigenvalue weighted by Gasteiger charge is 2.43. The molecule has 1 aliphatic heterocycles. The number of ether oxygens (including phenoxy) is 1. The molecule has 3 fully saturated rings. The zero-order chi connectivity index (χ0) is 13.4. The van der Waals surface area contributed by atoms with Crippen molar-refractivity contribution in [3.8, 4) is 0 Å². The largest absolute Gasteiger partial charge is 0.481 e. The number of rotatable bonds is 4. The van der Waals surface area contributed by atoms with E-state index in [0.717, 1.165) is 12.8 Å². The minimum atomic E-state index is -0.834. The molecule has 4 unspecified atom stereocenters. The van der Waals surface area contributed by atoms with Crippen molar-refractivity contribution in [3.05, 3.63) is 0 Å². The molecule has 0 spiro atoms. The molecule has 3 aliphatic rings. The van der Waals surface area contributed by atoms with Crippen molar-refractivity contribution in [1.82, 2.24) is 5.32 Å². The van der Waals surface area contributed by atoms with Crippen molar-refractivity contribution in [2.45, 2.75) is 50.7 Å². The highest BCUT2D eigenvalue weighted by atomic mass is 16.5. The van der Waals surface area contributed by atoms with E-state index in [4.69, 9.17) is 9.84 Å². The zero-order valence-corrected chi connectivity index (χ0v) is 11.0. The van der Waals surface area contributed by atoms with Gasteiger partial charge in [0.1, 0.15) is 0 Å². The van der Waals surface area contributed by atoms with Gasteiger partial charge in [0.2, 0.25) is 5.91 Å². The highest BCUT2D eigenvalue weighted by molar-refractivity contribution is 5.85. The minimum Gasteiger partial charge on any atom is -0.481 e. The van der Waals surface area contributed by atoms with Gasteiger partial charge in [-0.05, 0) is 38.0 Å². The third kappa shape index (κ3) is 2.61. The predicted octanol–water partition coefficient (Wildman–Crippen LogP) is 1.17. The molecule has 5 heteroatoms. The molecule has 5 nitrogen and oxygen atoms in total. The molecule has 3 rings (SSSR count). The Morgan fingerprint density at radius 1 is 1.05 bits per heavy atom. The number of carboxylic acid groups (broad SMARTS) is 1. The summed E-state index contributed by atoms with van der Waals surface area (Å²) < 4.78 is 5.70. The van der Waals surface area contributed by atoms with E-state index < -0.39 is 11.9 Å². The number of aliphatic carboxylic acids is 1. The van der Waals surface area contributed by atoms with E-state index in [1.807, 2.05) is 0 Å². The topological polar surface area (TPSA) is 75.6 Å². The summed E-state index contributed by atoms with van der Waals surface area (Å²) in [5, 5.41) is 12.2. The number of amides is 1. The molecule has 0 bridgehead atoms. The van der Waals surface area contributed by atoms with Crippen LogP contribution in [-0.2, 0) is 14.3 Å². The monoisotopic (exact) mass is 267 g/mol. The lowest BCUT2D eigenvalue weighted by Gasteiger charge is -2.23. The molecule has 0 aromatic rings. The van der Waals surface area contributed by atoms with E-state index in [-0.39, 0.29) is 24.0 Å². The second kappa shape index (κ2) is 5.12. The molecule has 2 N–H and O–H groups in total. The minimum absolute atomic E-state index is 0.0777. The number of carbonyl (C=O) groups excluding carboxylic acids is 1. The number of nitrogens with one attached hydrogen (secondary N) is 1. The maximum atomic E-state index is 12.3. The molecule has 0 aromatic heterocycles. The normalized spacial score (nSPS) is 38.3. The van der Waals surface area contributed by atoms with E-state index >= 15 is 0 Å². The molecule has 1 amide bonds. The molecule has 4 atom stereocenters. The molecule has 106 valence electrons. The highest BCUT2D eigenvalue weighted by Crippen LogP contribution is 2.39. The number of carboxylic acids is 1. The van der Waals surface area contributed by atoms with Crippen LogP contribution in [0, 0.1) is 17.8 Å². The van der Waals surface area contributed by atoms with Crippen LogP contribution in [0.1, 0.15) is 38.5 Å². The van der Waals surface area contributed by atoms with Crippen LogP contribution in [0.25, 0.3) is 0 Å². The zero-order valence-electron chi connectivity index (χ0n) is 11.0. The molecule has 0 aromatic carbocycles. The Labute approximate surface area is 112 Å². The quantitative estimate of drug-likeness (QED) is 0.801. The maximum absolute atomic E-state index is 12.3. The van der Waals surface area contributed by atoms with Crippen molar-refractivity contribution < 1.29 is 19.4 Å².